The highest BCUT2D eigenvalue weighted by Gasteiger charge is 2.16. The molecule has 4 N–H and O–H groups in total. The van der Waals surface area contributed by atoms with E-state index in [9.17, 15) is 9.59 Å². The Kier molecular flexibility index (Phi) is 11.0. The third-order valence-electron chi connectivity index (χ3n) is 2.50. The number of hydrogen-bond donors (Lipinski definition) is 3. The summed E-state index contributed by atoms with van der Waals surface area (Å²) < 4.78 is 0. The van der Waals surface area contributed by atoms with Gasteiger partial charge in [-0.1, -0.05) is 27.7 Å². The quantitative estimate of drug-likeness (QED) is 0.599. The summed E-state index contributed by atoms with van der Waals surface area (Å²) in [5.74, 6) is 0.0417. The van der Waals surface area contributed by atoms with Crippen LogP contribution in [-0.2, 0) is 9.59 Å². The van der Waals surface area contributed by atoms with Crippen LogP contribution in [-0.4, -0.2) is 30.9 Å². The zero-order chi connectivity index (χ0) is 13.4. The van der Waals surface area contributed by atoms with Crippen LogP contribution in [0.3, 0.4) is 0 Å². The van der Waals surface area contributed by atoms with E-state index in [0.717, 1.165) is 6.42 Å². The lowest BCUT2D eigenvalue weighted by Crippen LogP contribution is -2.44. The van der Waals surface area contributed by atoms with Gasteiger partial charge in [-0.3, -0.25) is 9.59 Å². The van der Waals surface area contributed by atoms with Gasteiger partial charge in [0.15, 0.2) is 0 Å². The lowest BCUT2D eigenvalue weighted by atomic mass is 10.1. The van der Waals surface area contributed by atoms with Crippen LogP contribution in [0.1, 0.15) is 34.1 Å². The van der Waals surface area contributed by atoms with E-state index >= 15 is 0 Å². The van der Waals surface area contributed by atoms with E-state index in [2.05, 4.69) is 10.6 Å². The van der Waals surface area contributed by atoms with Gasteiger partial charge in [-0.05, 0) is 12.3 Å². The number of carbonyl (C=O) groups is 2. The van der Waals surface area contributed by atoms with Crippen molar-refractivity contribution in [3.8, 4) is 0 Å². The second-order valence-electron chi connectivity index (χ2n) is 4.86. The summed E-state index contributed by atoms with van der Waals surface area (Å²) in [6, 6.07) is -0.458. The normalized spacial score (nSPS) is 11.9. The molecule has 0 bridgehead atoms. The monoisotopic (exact) mass is 279 g/mol. The summed E-state index contributed by atoms with van der Waals surface area (Å²) in [5.41, 5.74) is 5.68. The molecule has 0 aromatic carbocycles. The molecule has 0 saturated carbocycles. The van der Waals surface area contributed by atoms with Gasteiger partial charge in [0.25, 0.3) is 0 Å². The molecule has 0 fully saturated rings. The first-order chi connectivity index (χ1) is 7.86. The van der Waals surface area contributed by atoms with E-state index in [4.69, 9.17) is 5.73 Å². The molecule has 1 atom stereocenters. The molecule has 0 unspecified atom stereocenters. The fourth-order valence-corrected chi connectivity index (χ4v) is 1.14. The fourth-order valence-electron chi connectivity index (χ4n) is 1.14. The standard InChI is InChI=1S/C12H25N3O2.ClH/c1-8(2)10(13)12(17)15-7-5-6-14-11(16)9(3)4;/h8-10H,5-7,13H2,1-4H3,(H,14,16)(H,15,17);1H/t10-;/m0./s1. The molecule has 0 aliphatic carbocycles. The van der Waals surface area contributed by atoms with E-state index in [1.807, 2.05) is 27.7 Å². The number of nitrogens with two attached hydrogens (primary N) is 1. The first kappa shape index (κ1) is 19.5. The van der Waals surface area contributed by atoms with Crippen LogP contribution < -0.4 is 16.4 Å². The van der Waals surface area contributed by atoms with Gasteiger partial charge in [0, 0.05) is 19.0 Å². The van der Waals surface area contributed by atoms with Crippen molar-refractivity contribution in [3.63, 3.8) is 0 Å². The number of carbonyl (C=O) groups excluding carboxylic acids is 2. The third kappa shape index (κ3) is 8.31. The number of halogens is 1. The van der Waals surface area contributed by atoms with E-state index < -0.39 is 6.04 Å². The molecule has 0 aliphatic rings. The van der Waals surface area contributed by atoms with Crippen molar-refractivity contribution in [1.29, 1.82) is 0 Å². The first-order valence-corrected chi connectivity index (χ1v) is 6.17. The van der Waals surface area contributed by atoms with Crippen LogP contribution in [0, 0.1) is 11.8 Å². The second kappa shape index (κ2) is 10.1. The van der Waals surface area contributed by atoms with Crippen molar-refractivity contribution < 1.29 is 9.59 Å². The van der Waals surface area contributed by atoms with E-state index in [0.29, 0.717) is 13.1 Å². The van der Waals surface area contributed by atoms with E-state index in [-0.39, 0.29) is 36.1 Å². The minimum atomic E-state index is -0.458. The molecule has 5 nitrogen and oxygen atoms in total. The van der Waals surface area contributed by atoms with Crippen LogP contribution in [0.5, 0.6) is 0 Å². The Morgan fingerprint density at radius 2 is 1.44 bits per heavy atom. The highest BCUT2D eigenvalue weighted by Crippen LogP contribution is 1.97. The summed E-state index contributed by atoms with van der Waals surface area (Å²) >= 11 is 0. The lowest BCUT2D eigenvalue weighted by molar-refractivity contribution is -0.124. The van der Waals surface area contributed by atoms with Crippen LogP contribution in [0.15, 0.2) is 0 Å². The third-order valence-corrected chi connectivity index (χ3v) is 2.50. The Labute approximate surface area is 116 Å². The molecule has 0 heterocycles. The SMILES string of the molecule is CC(C)C(=O)NCCCNC(=O)[C@@H](N)C(C)C.Cl. The average Bonchev–Trinajstić information content (AvgIpc) is 2.26. The maximum absolute atomic E-state index is 11.5. The predicted octanol–water partition coefficient (Wildman–Crippen LogP) is 0.670. The van der Waals surface area contributed by atoms with Crippen LogP contribution in [0.2, 0.25) is 0 Å². The predicted molar refractivity (Wildman–Crippen MR) is 75.5 cm³/mol. The van der Waals surface area contributed by atoms with Crippen molar-refractivity contribution in [2.24, 2.45) is 17.6 Å². The maximum atomic E-state index is 11.5. The number of hydrogen-bond acceptors (Lipinski definition) is 3. The Morgan fingerprint density at radius 1 is 1.00 bits per heavy atom. The van der Waals surface area contributed by atoms with Crippen molar-refractivity contribution in [1.82, 2.24) is 10.6 Å². The van der Waals surface area contributed by atoms with Crippen LogP contribution in [0.4, 0.5) is 0 Å². The minimum Gasteiger partial charge on any atom is -0.356 e. The molecule has 2 amide bonds. The molecule has 0 saturated heterocycles. The van der Waals surface area contributed by atoms with Gasteiger partial charge in [0.05, 0.1) is 6.04 Å². The summed E-state index contributed by atoms with van der Waals surface area (Å²) in [5, 5.41) is 5.54. The zero-order valence-corrected chi connectivity index (χ0v) is 12.5. The minimum absolute atomic E-state index is 0. The molecule has 0 aromatic rings. The Morgan fingerprint density at radius 3 is 1.83 bits per heavy atom. The maximum Gasteiger partial charge on any atom is 0.237 e. The van der Waals surface area contributed by atoms with Gasteiger partial charge in [0.2, 0.25) is 11.8 Å². The largest absolute Gasteiger partial charge is 0.356 e. The Hall–Kier alpha value is -0.810. The smallest absolute Gasteiger partial charge is 0.237 e. The fraction of sp³-hybridized carbons (Fsp3) is 0.833. The van der Waals surface area contributed by atoms with E-state index in [1.165, 1.54) is 0 Å². The van der Waals surface area contributed by atoms with Crippen molar-refractivity contribution in [2.75, 3.05) is 13.1 Å². The summed E-state index contributed by atoms with van der Waals surface area (Å²) in [7, 11) is 0. The number of nitrogens with one attached hydrogen (secondary N) is 2. The molecule has 0 radical (unpaired) electrons. The van der Waals surface area contributed by atoms with Crippen molar-refractivity contribution >= 4 is 24.2 Å². The average molecular weight is 280 g/mol. The topological polar surface area (TPSA) is 84.2 Å². The van der Waals surface area contributed by atoms with Crippen LogP contribution in [0.25, 0.3) is 0 Å². The van der Waals surface area contributed by atoms with E-state index in [1.54, 1.807) is 0 Å². The molecular weight excluding hydrogens is 254 g/mol. The molecular formula is C12H26ClN3O2. The van der Waals surface area contributed by atoms with Gasteiger partial charge in [-0.25, -0.2) is 0 Å². The molecule has 0 aromatic heterocycles. The summed E-state index contributed by atoms with van der Waals surface area (Å²) in [6.45, 7) is 8.63. The van der Waals surface area contributed by atoms with Gasteiger partial charge in [0.1, 0.15) is 0 Å². The second-order valence-corrected chi connectivity index (χ2v) is 4.86. The molecule has 0 spiro atoms. The van der Waals surface area contributed by atoms with Crippen molar-refractivity contribution in [2.45, 2.75) is 40.2 Å². The van der Waals surface area contributed by atoms with Gasteiger partial charge < -0.3 is 16.4 Å². The molecule has 108 valence electrons. The summed E-state index contributed by atoms with van der Waals surface area (Å²) in [4.78, 5) is 22.7. The summed E-state index contributed by atoms with van der Waals surface area (Å²) in [6.07, 6.45) is 0.717. The van der Waals surface area contributed by atoms with Gasteiger partial charge in [-0.15, -0.1) is 12.4 Å². The number of rotatable bonds is 7. The molecule has 6 heteroatoms. The Bertz CT molecular complexity index is 258. The molecule has 0 rings (SSSR count). The highest BCUT2D eigenvalue weighted by molar-refractivity contribution is 5.85. The van der Waals surface area contributed by atoms with Crippen molar-refractivity contribution in [3.05, 3.63) is 0 Å². The highest BCUT2D eigenvalue weighted by atomic mass is 35.5. The van der Waals surface area contributed by atoms with Gasteiger partial charge >= 0.3 is 0 Å². The Balaban J connectivity index is 0. The first-order valence-electron chi connectivity index (χ1n) is 6.17. The van der Waals surface area contributed by atoms with Crippen LogP contribution >= 0.6 is 12.4 Å². The number of amides is 2. The zero-order valence-electron chi connectivity index (χ0n) is 11.7. The lowest BCUT2D eigenvalue weighted by Gasteiger charge is -2.15. The molecule has 0 aliphatic heterocycles. The molecule has 18 heavy (non-hydrogen) atoms. The van der Waals surface area contributed by atoms with Gasteiger partial charge in [-0.2, -0.15) is 0 Å².